The molecule has 106 valence electrons. The van der Waals surface area contributed by atoms with Crippen molar-refractivity contribution in [2.24, 2.45) is 0 Å². The van der Waals surface area contributed by atoms with Crippen molar-refractivity contribution >= 4 is 22.3 Å². The third kappa shape index (κ3) is 3.20. The largest absolute Gasteiger partial charge is 0.492 e. The Morgan fingerprint density at radius 3 is 2.90 bits per heavy atom. The van der Waals surface area contributed by atoms with Crippen molar-refractivity contribution < 1.29 is 4.74 Å². The Kier molecular flexibility index (Phi) is 3.82. The molecule has 1 heterocycles. The van der Waals surface area contributed by atoms with E-state index in [4.69, 9.17) is 10.5 Å². The molecule has 0 spiro atoms. The van der Waals surface area contributed by atoms with E-state index in [1.54, 1.807) is 12.3 Å². The lowest BCUT2D eigenvalue weighted by atomic mass is 10.2. The van der Waals surface area contributed by atoms with Gasteiger partial charge in [-0.25, -0.2) is 0 Å². The van der Waals surface area contributed by atoms with Gasteiger partial charge in [-0.2, -0.15) is 5.10 Å². The Morgan fingerprint density at radius 2 is 2.00 bits per heavy atom. The smallest absolute Gasteiger partial charge is 0.156 e. The molecule has 0 saturated carbocycles. The third-order valence-corrected chi connectivity index (χ3v) is 3.09. The lowest BCUT2D eigenvalue weighted by molar-refractivity contribution is 0.333. The number of nitrogens with two attached hydrogens (primary N) is 1. The van der Waals surface area contributed by atoms with Crippen LogP contribution in [0.15, 0.2) is 54.7 Å². The predicted molar refractivity (Wildman–Crippen MR) is 84.4 cm³/mol. The molecule has 0 saturated heterocycles. The molecule has 0 fully saturated rings. The zero-order valence-corrected chi connectivity index (χ0v) is 11.5. The van der Waals surface area contributed by atoms with Crippen LogP contribution < -0.4 is 15.8 Å². The molecule has 0 aliphatic rings. The third-order valence-electron chi connectivity index (χ3n) is 3.09. The fourth-order valence-corrected chi connectivity index (χ4v) is 2.10. The zero-order valence-electron chi connectivity index (χ0n) is 11.5. The number of anilines is 2. The highest BCUT2D eigenvalue weighted by Crippen LogP contribution is 2.19. The van der Waals surface area contributed by atoms with Crippen molar-refractivity contribution in [2.75, 3.05) is 24.2 Å². The van der Waals surface area contributed by atoms with E-state index in [0.29, 0.717) is 18.8 Å². The van der Waals surface area contributed by atoms with Crippen LogP contribution >= 0.6 is 0 Å². The number of fused-ring (bicyclic) bond motifs is 1. The summed E-state index contributed by atoms with van der Waals surface area (Å²) in [5.74, 6) is 1.53. The summed E-state index contributed by atoms with van der Waals surface area (Å²) in [6.07, 6.45) is 1.75. The fourth-order valence-electron chi connectivity index (χ4n) is 2.10. The Balaban J connectivity index is 1.60. The highest BCUT2D eigenvalue weighted by molar-refractivity contribution is 5.90. The maximum Gasteiger partial charge on any atom is 0.156 e. The van der Waals surface area contributed by atoms with E-state index in [-0.39, 0.29) is 0 Å². The first kappa shape index (κ1) is 13.2. The SMILES string of the molecule is Nc1cccc(OCCNc2nncc3ccccc23)c1. The Hall–Kier alpha value is -2.82. The van der Waals surface area contributed by atoms with Crippen LogP contribution in [0.3, 0.4) is 0 Å². The summed E-state index contributed by atoms with van der Waals surface area (Å²) in [6.45, 7) is 1.16. The summed E-state index contributed by atoms with van der Waals surface area (Å²) in [6, 6.07) is 15.4. The number of rotatable bonds is 5. The van der Waals surface area contributed by atoms with Gasteiger partial charge < -0.3 is 15.8 Å². The molecule has 21 heavy (non-hydrogen) atoms. The van der Waals surface area contributed by atoms with Crippen molar-refractivity contribution in [3.8, 4) is 5.75 Å². The predicted octanol–water partition coefficient (Wildman–Crippen LogP) is 2.70. The van der Waals surface area contributed by atoms with E-state index in [2.05, 4.69) is 15.5 Å². The van der Waals surface area contributed by atoms with Gasteiger partial charge in [0.05, 0.1) is 12.7 Å². The molecular formula is C16H16N4O. The van der Waals surface area contributed by atoms with Crippen LogP contribution in [-0.2, 0) is 0 Å². The van der Waals surface area contributed by atoms with Crippen molar-refractivity contribution in [2.45, 2.75) is 0 Å². The van der Waals surface area contributed by atoms with Crippen LogP contribution in [0.5, 0.6) is 5.75 Å². The molecule has 0 amide bonds. The Labute approximate surface area is 122 Å². The average molecular weight is 280 g/mol. The van der Waals surface area contributed by atoms with Crippen LogP contribution in [0, 0.1) is 0 Å². The van der Waals surface area contributed by atoms with E-state index < -0.39 is 0 Å². The van der Waals surface area contributed by atoms with Gasteiger partial charge in [-0.15, -0.1) is 5.10 Å². The zero-order chi connectivity index (χ0) is 14.5. The molecular weight excluding hydrogens is 264 g/mol. The highest BCUT2D eigenvalue weighted by Gasteiger charge is 2.02. The normalized spacial score (nSPS) is 10.5. The molecule has 0 aliphatic heterocycles. The van der Waals surface area contributed by atoms with Crippen molar-refractivity contribution in [3.05, 3.63) is 54.7 Å². The van der Waals surface area contributed by atoms with Gasteiger partial charge in [-0.1, -0.05) is 30.3 Å². The van der Waals surface area contributed by atoms with Gasteiger partial charge in [0.1, 0.15) is 12.4 Å². The van der Waals surface area contributed by atoms with Crippen LogP contribution in [0.1, 0.15) is 0 Å². The van der Waals surface area contributed by atoms with Gasteiger partial charge in [-0.3, -0.25) is 0 Å². The van der Waals surface area contributed by atoms with Crippen LogP contribution in [-0.4, -0.2) is 23.3 Å². The number of nitrogen functional groups attached to an aromatic ring is 1. The fraction of sp³-hybridized carbons (Fsp3) is 0.125. The van der Waals surface area contributed by atoms with E-state index in [9.17, 15) is 0 Å². The van der Waals surface area contributed by atoms with E-state index in [0.717, 1.165) is 22.3 Å². The lowest BCUT2D eigenvalue weighted by Crippen LogP contribution is -2.13. The van der Waals surface area contributed by atoms with Crippen LogP contribution in [0.2, 0.25) is 0 Å². The minimum Gasteiger partial charge on any atom is -0.492 e. The molecule has 0 unspecified atom stereocenters. The van der Waals surface area contributed by atoms with Gasteiger partial charge >= 0.3 is 0 Å². The molecule has 1 aromatic heterocycles. The van der Waals surface area contributed by atoms with Gasteiger partial charge in [0, 0.05) is 22.5 Å². The molecule has 3 aromatic rings. The summed E-state index contributed by atoms with van der Waals surface area (Å²) in [7, 11) is 0. The highest BCUT2D eigenvalue weighted by atomic mass is 16.5. The van der Waals surface area contributed by atoms with Crippen LogP contribution in [0.4, 0.5) is 11.5 Å². The van der Waals surface area contributed by atoms with E-state index >= 15 is 0 Å². The molecule has 0 aliphatic carbocycles. The molecule has 3 rings (SSSR count). The minimum absolute atomic E-state index is 0.522. The molecule has 0 bridgehead atoms. The second kappa shape index (κ2) is 6.09. The second-order valence-corrected chi connectivity index (χ2v) is 4.63. The minimum atomic E-state index is 0.522. The van der Waals surface area contributed by atoms with E-state index in [1.807, 2.05) is 42.5 Å². The Bertz CT molecular complexity index is 740. The summed E-state index contributed by atoms with van der Waals surface area (Å²) in [5.41, 5.74) is 6.40. The molecule has 0 radical (unpaired) electrons. The van der Waals surface area contributed by atoms with Gasteiger partial charge in [0.2, 0.25) is 0 Å². The molecule has 5 heteroatoms. The molecule has 5 nitrogen and oxygen atoms in total. The number of hydrogen-bond acceptors (Lipinski definition) is 5. The summed E-state index contributed by atoms with van der Waals surface area (Å²) >= 11 is 0. The Morgan fingerprint density at radius 1 is 1.10 bits per heavy atom. The summed E-state index contributed by atoms with van der Waals surface area (Å²) in [5, 5.41) is 13.5. The molecule has 0 atom stereocenters. The standard InChI is InChI=1S/C16H16N4O/c17-13-5-3-6-14(10-13)21-9-8-18-16-15-7-2-1-4-12(15)11-19-20-16/h1-7,10-11H,8-9,17H2,(H,18,20). The first-order chi connectivity index (χ1) is 10.3. The maximum absolute atomic E-state index is 5.70. The van der Waals surface area contributed by atoms with Gasteiger partial charge in [0.25, 0.3) is 0 Å². The first-order valence-corrected chi connectivity index (χ1v) is 6.75. The number of aromatic nitrogens is 2. The number of benzene rings is 2. The van der Waals surface area contributed by atoms with Crippen molar-refractivity contribution in [1.82, 2.24) is 10.2 Å². The summed E-state index contributed by atoms with van der Waals surface area (Å²) in [4.78, 5) is 0. The number of hydrogen-bond donors (Lipinski definition) is 2. The first-order valence-electron chi connectivity index (χ1n) is 6.75. The van der Waals surface area contributed by atoms with E-state index in [1.165, 1.54) is 0 Å². The van der Waals surface area contributed by atoms with Crippen molar-refractivity contribution in [1.29, 1.82) is 0 Å². The maximum atomic E-state index is 5.70. The summed E-state index contributed by atoms with van der Waals surface area (Å²) < 4.78 is 5.63. The van der Waals surface area contributed by atoms with Gasteiger partial charge in [-0.05, 0) is 12.1 Å². The average Bonchev–Trinajstić information content (AvgIpc) is 2.52. The monoisotopic (exact) mass is 280 g/mol. The molecule has 2 aromatic carbocycles. The number of nitrogens with one attached hydrogen (secondary N) is 1. The lowest BCUT2D eigenvalue weighted by Gasteiger charge is -2.09. The topological polar surface area (TPSA) is 73.1 Å². The second-order valence-electron chi connectivity index (χ2n) is 4.63. The molecule has 3 N–H and O–H groups in total. The van der Waals surface area contributed by atoms with Crippen molar-refractivity contribution in [3.63, 3.8) is 0 Å². The van der Waals surface area contributed by atoms with Gasteiger partial charge in [0.15, 0.2) is 5.82 Å². The van der Waals surface area contributed by atoms with Crippen LogP contribution in [0.25, 0.3) is 10.8 Å². The quantitative estimate of drug-likeness (QED) is 0.555. The number of ether oxygens (including phenoxy) is 1. The number of nitrogens with zero attached hydrogens (tertiary/aromatic N) is 2.